The largest absolute Gasteiger partial charge is 0.490 e. The molecule has 2 heterocycles. The summed E-state index contributed by atoms with van der Waals surface area (Å²) in [5.41, 5.74) is 1.84. The van der Waals surface area contributed by atoms with Crippen LogP contribution >= 0.6 is 0 Å². The molecule has 1 amide bonds. The summed E-state index contributed by atoms with van der Waals surface area (Å²) in [5, 5.41) is 19.3. The first-order valence-corrected chi connectivity index (χ1v) is 11.9. The second-order valence-corrected chi connectivity index (χ2v) is 9.41. The molecule has 2 aromatic carbocycles. The van der Waals surface area contributed by atoms with E-state index in [0.29, 0.717) is 24.4 Å². The van der Waals surface area contributed by atoms with Gasteiger partial charge in [-0.1, -0.05) is 38.1 Å². The Morgan fingerprint density at radius 3 is 2.16 bits per heavy atom. The maximum Gasteiger partial charge on any atom is 0.404 e. The van der Waals surface area contributed by atoms with Gasteiger partial charge in [0.2, 0.25) is 0 Å². The molecule has 10 heteroatoms. The molecular weight excluding hydrogens is 477 g/mol. The molecule has 0 atom stereocenters. The maximum atomic E-state index is 14.3. The van der Waals surface area contributed by atoms with Gasteiger partial charge in [0.1, 0.15) is 17.6 Å². The first kappa shape index (κ1) is 24.2. The highest BCUT2D eigenvalue weighted by Crippen LogP contribution is 2.35. The zero-order valence-corrected chi connectivity index (χ0v) is 20.3. The van der Waals surface area contributed by atoms with E-state index in [2.05, 4.69) is 34.3 Å². The number of hydrogen-bond donors (Lipinski definition) is 2. The van der Waals surface area contributed by atoms with E-state index in [1.54, 1.807) is 12.1 Å². The lowest BCUT2D eigenvalue weighted by Gasteiger charge is -2.35. The molecule has 1 fully saturated rings. The summed E-state index contributed by atoms with van der Waals surface area (Å²) in [6.07, 6.45) is 3.36. The number of aromatic nitrogens is 4. The Morgan fingerprint density at radius 2 is 1.57 bits per heavy atom. The van der Waals surface area contributed by atoms with Gasteiger partial charge in [0.15, 0.2) is 11.6 Å². The van der Waals surface area contributed by atoms with Crippen LogP contribution < -0.4 is 14.8 Å². The lowest BCUT2D eigenvalue weighted by molar-refractivity contribution is 0.0833. The molecule has 5 rings (SSSR count). The molecule has 2 aromatic heterocycles. The molecule has 1 aliphatic carbocycles. The molecular formula is C27H26FN5O4. The van der Waals surface area contributed by atoms with E-state index >= 15 is 0 Å². The van der Waals surface area contributed by atoms with E-state index < -0.39 is 11.9 Å². The number of rotatable bonds is 8. The first-order chi connectivity index (χ1) is 17.8. The summed E-state index contributed by atoms with van der Waals surface area (Å²) >= 11 is 0. The van der Waals surface area contributed by atoms with E-state index in [1.807, 2.05) is 36.4 Å². The fraction of sp³-hybridized carbons (Fsp3) is 0.259. The fourth-order valence-electron chi connectivity index (χ4n) is 4.25. The Labute approximate surface area is 212 Å². The summed E-state index contributed by atoms with van der Waals surface area (Å²) in [6.45, 7) is 4.24. The summed E-state index contributed by atoms with van der Waals surface area (Å²) in [5.74, 6) is 0.813. The number of halogens is 1. The third kappa shape index (κ3) is 5.37. The standard InChI is InChI=1S/C27H26FN5O4/c1-27(2,17-3-7-20(8-4-17)36-22-15-19(16-22)31-26(34)35)18-5-9-21(10-6-18)37-25-23(28)11-12-24(32-25)33-29-13-14-30-33/h3-14,19,22,31H,15-16H2,1-2H3,(H,34,35). The molecule has 0 unspecified atom stereocenters. The van der Waals surface area contributed by atoms with Gasteiger partial charge in [0.05, 0.1) is 12.4 Å². The highest BCUT2D eigenvalue weighted by Gasteiger charge is 2.32. The van der Waals surface area contributed by atoms with Gasteiger partial charge in [0.25, 0.3) is 5.88 Å². The molecule has 0 saturated heterocycles. The van der Waals surface area contributed by atoms with Gasteiger partial charge >= 0.3 is 6.09 Å². The van der Waals surface area contributed by atoms with Crippen LogP contribution in [0.3, 0.4) is 0 Å². The predicted molar refractivity (Wildman–Crippen MR) is 133 cm³/mol. The Balaban J connectivity index is 1.23. The lowest BCUT2D eigenvalue weighted by Crippen LogP contribution is -2.48. The number of carboxylic acid groups (broad SMARTS) is 1. The minimum Gasteiger partial charge on any atom is -0.490 e. The molecule has 9 nitrogen and oxygen atoms in total. The van der Waals surface area contributed by atoms with Crippen LogP contribution in [0.4, 0.5) is 9.18 Å². The monoisotopic (exact) mass is 503 g/mol. The number of pyridine rings is 1. The third-order valence-electron chi connectivity index (χ3n) is 6.51. The molecule has 4 aromatic rings. The zero-order chi connectivity index (χ0) is 26.0. The average Bonchev–Trinajstić information content (AvgIpc) is 3.40. The molecule has 0 radical (unpaired) electrons. The topological polar surface area (TPSA) is 111 Å². The van der Waals surface area contributed by atoms with E-state index in [9.17, 15) is 9.18 Å². The highest BCUT2D eigenvalue weighted by atomic mass is 19.1. The van der Waals surface area contributed by atoms with E-state index in [1.165, 1.54) is 29.3 Å². The van der Waals surface area contributed by atoms with Crippen molar-refractivity contribution in [2.75, 3.05) is 0 Å². The van der Waals surface area contributed by atoms with Crippen LogP contribution in [0.25, 0.3) is 5.82 Å². The molecule has 0 bridgehead atoms. The number of carbonyl (C=O) groups is 1. The Morgan fingerprint density at radius 1 is 0.973 bits per heavy atom. The van der Waals surface area contributed by atoms with Crippen molar-refractivity contribution in [3.8, 4) is 23.2 Å². The van der Waals surface area contributed by atoms with Gasteiger partial charge in [-0.3, -0.25) is 0 Å². The van der Waals surface area contributed by atoms with Crippen LogP contribution in [0.5, 0.6) is 17.4 Å². The average molecular weight is 504 g/mol. The second-order valence-electron chi connectivity index (χ2n) is 9.41. The normalized spacial score (nSPS) is 17.1. The van der Waals surface area contributed by atoms with Crippen molar-refractivity contribution in [3.63, 3.8) is 0 Å². The van der Waals surface area contributed by atoms with Crippen molar-refractivity contribution < 1.29 is 23.8 Å². The minimum atomic E-state index is -1.00. The SMILES string of the molecule is CC(C)(c1ccc(Oc2nc(-n3nccn3)ccc2F)cc1)c1ccc(OC2CC(NC(=O)O)C2)cc1. The highest BCUT2D eigenvalue weighted by molar-refractivity contribution is 5.65. The van der Waals surface area contributed by atoms with Gasteiger partial charge in [0, 0.05) is 24.3 Å². The van der Waals surface area contributed by atoms with E-state index in [0.717, 1.165) is 16.9 Å². The minimum absolute atomic E-state index is 0.0130. The number of nitrogens with zero attached hydrogens (tertiary/aromatic N) is 4. The van der Waals surface area contributed by atoms with Crippen molar-refractivity contribution in [1.82, 2.24) is 25.3 Å². The zero-order valence-electron chi connectivity index (χ0n) is 20.3. The second kappa shape index (κ2) is 9.88. The summed E-state index contributed by atoms with van der Waals surface area (Å²) < 4.78 is 26.0. The van der Waals surface area contributed by atoms with Crippen LogP contribution in [0.15, 0.2) is 73.1 Å². The molecule has 1 saturated carbocycles. The van der Waals surface area contributed by atoms with E-state index in [-0.39, 0.29) is 23.4 Å². The van der Waals surface area contributed by atoms with Crippen LogP contribution in [0.2, 0.25) is 0 Å². The summed E-state index contributed by atoms with van der Waals surface area (Å²) in [6, 6.07) is 18.1. The summed E-state index contributed by atoms with van der Waals surface area (Å²) in [7, 11) is 0. The number of hydrogen-bond acceptors (Lipinski definition) is 6. The van der Waals surface area contributed by atoms with Crippen LogP contribution in [0, 0.1) is 5.82 Å². The smallest absolute Gasteiger partial charge is 0.404 e. The van der Waals surface area contributed by atoms with Crippen molar-refractivity contribution >= 4 is 6.09 Å². The number of benzene rings is 2. The molecule has 190 valence electrons. The molecule has 1 aliphatic rings. The molecule has 2 N–H and O–H groups in total. The lowest BCUT2D eigenvalue weighted by atomic mass is 9.78. The van der Waals surface area contributed by atoms with E-state index in [4.69, 9.17) is 14.6 Å². The van der Waals surface area contributed by atoms with Crippen molar-refractivity contribution in [3.05, 3.63) is 90.0 Å². The summed E-state index contributed by atoms with van der Waals surface area (Å²) in [4.78, 5) is 16.2. The molecule has 37 heavy (non-hydrogen) atoms. The third-order valence-corrected chi connectivity index (χ3v) is 6.51. The van der Waals surface area contributed by atoms with Gasteiger partial charge in [-0.2, -0.15) is 15.2 Å². The van der Waals surface area contributed by atoms with Gasteiger partial charge in [-0.05, 0) is 47.5 Å². The number of amides is 1. The van der Waals surface area contributed by atoms with Crippen LogP contribution in [-0.4, -0.2) is 43.3 Å². The number of ether oxygens (including phenoxy) is 2. The number of nitrogens with one attached hydrogen (secondary N) is 1. The van der Waals surface area contributed by atoms with Gasteiger partial charge in [-0.15, -0.1) is 4.80 Å². The maximum absolute atomic E-state index is 14.3. The molecule has 0 spiro atoms. The Kier molecular flexibility index (Phi) is 6.47. The quantitative estimate of drug-likeness (QED) is 0.344. The fourth-order valence-corrected chi connectivity index (χ4v) is 4.25. The Bertz CT molecular complexity index is 1370. The van der Waals surface area contributed by atoms with Crippen molar-refractivity contribution in [2.24, 2.45) is 0 Å². The first-order valence-electron chi connectivity index (χ1n) is 11.9. The van der Waals surface area contributed by atoms with Crippen molar-refractivity contribution in [1.29, 1.82) is 0 Å². The van der Waals surface area contributed by atoms with Crippen molar-refractivity contribution in [2.45, 2.75) is 44.2 Å². The van der Waals surface area contributed by atoms with Gasteiger partial charge in [-0.25, -0.2) is 9.18 Å². The molecule has 0 aliphatic heterocycles. The van der Waals surface area contributed by atoms with Crippen LogP contribution in [-0.2, 0) is 5.41 Å². The predicted octanol–water partition coefficient (Wildman–Crippen LogP) is 5.10. The van der Waals surface area contributed by atoms with Gasteiger partial charge < -0.3 is 19.9 Å². The Hall–Kier alpha value is -4.47. The van der Waals surface area contributed by atoms with Crippen LogP contribution in [0.1, 0.15) is 37.8 Å².